The van der Waals surface area contributed by atoms with Gasteiger partial charge >= 0.3 is 0 Å². The highest BCUT2D eigenvalue weighted by Gasteiger charge is 2.01. The smallest absolute Gasteiger partial charge is 0.0144 e. The zero-order valence-corrected chi connectivity index (χ0v) is 11.8. The van der Waals surface area contributed by atoms with Gasteiger partial charge in [-0.3, -0.25) is 0 Å². The monoisotopic (exact) mass is 326 g/mol. The molecule has 0 nitrogen and oxygen atoms in total. The standard InChI is InChI=1S/C10H13Br2Cl/c1-7(2)10(12)5-4-9(6-13)8(3)11/h6H,3-5H2,1-2H3/b9-6-. The largest absolute Gasteiger partial charge is 0.0926 e. The SMILES string of the molecule is C=C(Br)/C(=C\Cl)CCC(Br)=C(C)C. The number of halogens is 3. The summed E-state index contributed by atoms with van der Waals surface area (Å²) >= 11 is 12.5. The molecule has 0 radical (unpaired) electrons. The predicted molar refractivity (Wildman–Crippen MR) is 68.5 cm³/mol. The van der Waals surface area contributed by atoms with E-state index >= 15 is 0 Å². The van der Waals surface area contributed by atoms with Crippen molar-refractivity contribution in [2.75, 3.05) is 0 Å². The van der Waals surface area contributed by atoms with Crippen molar-refractivity contribution < 1.29 is 0 Å². The van der Waals surface area contributed by atoms with E-state index in [1.807, 2.05) is 0 Å². The third kappa shape index (κ3) is 5.71. The lowest BCUT2D eigenvalue weighted by Gasteiger charge is -2.04. The zero-order chi connectivity index (χ0) is 10.4. The van der Waals surface area contributed by atoms with E-state index in [1.54, 1.807) is 5.54 Å². The molecule has 0 N–H and O–H groups in total. The van der Waals surface area contributed by atoms with Crippen LogP contribution in [0.3, 0.4) is 0 Å². The molecule has 0 aromatic carbocycles. The lowest BCUT2D eigenvalue weighted by molar-refractivity contribution is 0.984. The van der Waals surface area contributed by atoms with Crippen LogP contribution in [0.1, 0.15) is 26.7 Å². The third-order valence-electron chi connectivity index (χ3n) is 1.64. The van der Waals surface area contributed by atoms with Crippen molar-refractivity contribution in [3.63, 3.8) is 0 Å². The first-order valence-electron chi connectivity index (χ1n) is 3.95. The summed E-state index contributed by atoms with van der Waals surface area (Å²) in [5.74, 6) is 0. The van der Waals surface area contributed by atoms with Gasteiger partial charge in [-0.25, -0.2) is 0 Å². The Hall–Kier alpha value is 0.470. The molecule has 0 fully saturated rings. The summed E-state index contributed by atoms with van der Waals surface area (Å²) in [7, 11) is 0. The van der Waals surface area contributed by atoms with Gasteiger partial charge in [0.1, 0.15) is 0 Å². The van der Waals surface area contributed by atoms with E-state index in [9.17, 15) is 0 Å². The van der Waals surface area contributed by atoms with Gasteiger partial charge in [-0.15, -0.1) is 0 Å². The quantitative estimate of drug-likeness (QED) is 0.599. The Bertz CT molecular complexity index is 248. The van der Waals surface area contributed by atoms with Crippen LogP contribution in [0.25, 0.3) is 0 Å². The van der Waals surface area contributed by atoms with Gasteiger partial charge in [-0.2, -0.15) is 0 Å². The van der Waals surface area contributed by atoms with Crippen LogP contribution >= 0.6 is 43.5 Å². The average Bonchev–Trinajstić information content (AvgIpc) is 2.04. The van der Waals surface area contributed by atoms with Crippen LogP contribution in [0, 0.1) is 0 Å². The van der Waals surface area contributed by atoms with E-state index in [4.69, 9.17) is 11.6 Å². The predicted octanol–water partition coefficient (Wildman–Crippen LogP) is 5.49. The second-order valence-corrected chi connectivity index (χ2v) is 5.08. The fourth-order valence-electron chi connectivity index (χ4n) is 0.744. The maximum absolute atomic E-state index is 5.64. The molecule has 0 bridgehead atoms. The van der Waals surface area contributed by atoms with E-state index in [-0.39, 0.29) is 0 Å². The summed E-state index contributed by atoms with van der Waals surface area (Å²) in [4.78, 5) is 0. The van der Waals surface area contributed by atoms with Gasteiger partial charge in [0.25, 0.3) is 0 Å². The van der Waals surface area contributed by atoms with Crippen LogP contribution in [0.15, 0.2) is 32.2 Å². The summed E-state index contributed by atoms with van der Waals surface area (Å²) in [5, 5.41) is 0. The molecular formula is C10H13Br2Cl. The van der Waals surface area contributed by atoms with E-state index in [2.05, 4.69) is 52.3 Å². The normalized spacial score (nSPS) is 11.3. The van der Waals surface area contributed by atoms with Gasteiger partial charge < -0.3 is 0 Å². The fraction of sp³-hybridized carbons (Fsp3) is 0.400. The Kier molecular flexibility index (Phi) is 7.10. The minimum Gasteiger partial charge on any atom is -0.0926 e. The second-order valence-electron chi connectivity index (χ2n) is 2.94. The van der Waals surface area contributed by atoms with Crippen molar-refractivity contribution in [2.45, 2.75) is 26.7 Å². The van der Waals surface area contributed by atoms with E-state index in [0.717, 1.165) is 22.9 Å². The van der Waals surface area contributed by atoms with Crippen LogP contribution in [0.4, 0.5) is 0 Å². The van der Waals surface area contributed by atoms with Gasteiger partial charge in [-0.1, -0.05) is 55.6 Å². The van der Waals surface area contributed by atoms with E-state index in [1.165, 1.54) is 10.1 Å². The van der Waals surface area contributed by atoms with Gasteiger partial charge in [-0.05, 0) is 36.7 Å². The topological polar surface area (TPSA) is 0 Å². The molecule has 0 aliphatic rings. The molecule has 0 unspecified atom stereocenters. The molecule has 0 atom stereocenters. The molecular weight excluding hydrogens is 315 g/mol. The Morgan fingerprint density at radius 3 is 2.15 bits per heavy atom. The van der Waals surface area contributed by atoms with Crippen LogP contribution in [-0.2, 0) is 0 Å². The summed E-state index contributed by atoms with van der Waals surface area (Å²) in [6.45, 7) is 7.94. The summed E-state index contributed by atoms with van der Waals surface area (Å²) in [5.41, 5.74) is 3.91. The molecule has 0 aliphatic carbocycles. The molecule has 0 aromatic rings. The zero-order valence-electron chi connectivity index (χ0n) is 7.83. The second kappa shape index (κ2) is 6.86. The Morgan fingerprint density at radius 1 is 1.31 bits per heavy atom. The van der Waals surface area contributed by atoms with Crippen molar-refractivity contribution >= 4 is 43.5 Å². The van der Waals surface area contributed by atoms with Crippen molar-refractivity contribution in [1.29, 1.82) is 0 Å². The van der Waals surface area contributed by atoms with Gasteiger partial charge in [0.05, 0.1) is 0 Å². The maximum Gasteiger partial charge on any atom is 0.0144 e. The van der Waals surface area contributed by atoms with Crippen LogP contribution in [-0.4, -0.2) is 0 Å². The maximum atomic E-state index is 5.64. The third-order valence-corrected chi connectivity index (χ3v) is 3.60. The molecule has 13 heavy (non-hydrogen) atoms. The highest BCUT2D eigenvalue weighted by atomic mass is 79.9. The lowest BCUT2D eigenvalue weighted by Crippen LogP contribution is -1.84. The average molecular weight is 328 g/mol. The number of rotatable bonds is 4. The number of allylic oxidation sites excluding steroid dienone is 4. The first-order chi connectivity index (χ1) is 5.99. The summed E-state index contributed by atoms with van der Waals surface area (Å²) in [6, 6.07) is 0. The minimum absolute atomic E-state index is 0.858. The molecule has 0 rings (SSSR count). The molecule has 74 valence electrons. The molecule has 3 heteroatoms. The molecule has 0 aromatic heterocycles. The van der Waals surface area contributed by atoms with Crippen LogP contribution < -0.4 is 0 Å². The summed E-state index contributed by atoms with van der Waals surface area (Å²) < 4.78 is 2.09. The van der Waals surface area contributed by atoms with Crippen LogP contribution in [0.5, 0.6) is 0 Å². The lowest BCUT2D eigenvalue weighted by atomic mass is 10.1. The van der Waals surface area contributed by atoms with Gasteiger partial charge in [0, 0.05) is 10.0 Å². The van der Waals surface area contributed by atoms with E-state index < -0.39 is 0 Å². The first kappa shape index (κ1) is 13.5. The Balaban J connectivity index is 4.18. The molecule has 0 aliphatic heterocycles. The molecule has 0 heterocycles. The van der Waals surface area contributed by atoms with Gasteiger partial charge in [0.15, 0.2) is 0 Å². The van der Waals surface area contributed by atoms with Crippen molar-refractivity contribution in [3.8, 4) is 0 Å². The number of hydrogen-bond donors (Lipinski definition) is 0. The first-order valence-corrected chi connectivity index (χ1v) is 5.97. The molecule has 0 saturated carbocycles. The van der Waals surface area contributed by atoms with Crippen molar-refractivity contribution in [3.05, 3.63) is 32.2 Å². The minimum atomic E-state index is 0.858. The van der Waals surface area contributed by atoms with Crippen LogP contribution in [0.2, 0.25) is 0 Å². The molecule has 0 spiro atoms. The molecule has 0 saturated heterocycles. The molecule has 0 amide bonds. The van der Waals surface area contributed by atoms with Gasteiger partial charge in [0.2, 0.25) is 0 Å². The highest BCUT2D eigenvalue weighted by Crippen LogP contribution is 2.26. The Labute approximate surface area is 102 Å². The fourth-order valence-corrected chi connectivity index (χ4v) is 1.63. The highest BCUT2D eigenvalue weighted by molar-refractivity contribution is 9.12. The van der Waals surface area contributed by atoms with E-state index in [0.29, 0.717) is 0 Å². The Morgan fingerprint density at radius 2 is 1.85 bits per heavy atom. The number of hydrogen-bond acceptors (Lipinski definition) is 0. The van der Waals surface area contributed by atoms with Crippen molar-refractivity contribution in [1.82, 2.24) is 0 Å². The van der Waals surface area contributed by atoms with Crippen molar-refractivity contribution in [2.24, 2.45) is 0 Å². The summed E-state index contributed by atoms with van der Waals surface area (Å²) in [6.07, 6.45) is 1.87.